The fourth-order valence-electron chi connectivity index (χ4n) is 6.70. The van der Waals surface area contributed by atoms with Gasteiger partial charge >= 0.3 is 0 Å². The van der Waals surface area contributed by atoms with Crippen LogP contribution in [0.1, 0.15) is 125 Å². The lowest BCUT2D eigenvalue weighted by molar-refractivity contribution is -0.137. The van der Waals surface area contributed by atoms with Gasteiger partial charge in [-0.1, -0.05) is 57.5 Å². The monoisotopic (exact) mass is 537 g/mol. The molecule has 0 N–H and O–H groups in total. The zero-order valence-corrected chi connectivity index (χ0v) is 24.1. The van der Waals surface area contributed by atoms with Gasteiger partial charge in [-0.2, -0.15) is 5.10 Å². The van der Waals surface area contributed by atoms with E-state index in [1.807, 2.05) is 0 Å². The second kappa shape index (κ2) is 11.7. The molecule has 39 heavy (non-hydrogen) atoms. The first kappa shape index (κ1) is 27.0. The standard InChI is InChI=1S/C31H47N5O3/c1-3-4-5-6-7-8-9-14-35-20-24-19-32-36(25-21-38-22-25)27(24)18-28(35)29-17-26(33-39-29)23-10-15-34(16-11-23)30(37)31(2)12-13-31/h17,19,23,25,28H,3-16,18,20-22H2,1-2H3. The summed E-state index contributed by atoms with van der Waals surface area (Å²) in [5.74, 6) is 1.71. The Morgan fingerprint density at radius 1 is 1.08 bits per heavy atom. The van der Waals surface area contributed by atoms with E-state index in [4.69, 9.17) is 14.4 Å². The third kappa shape index (κ3) is 5.83. The van der Waals surface area contributed by atoms with Crippen LogP contribution >= 0.6 is 0 Å². The van der Waals surface area contributed by atoms with Crippen LogP contribution < -0.4 is 0 Å². The van der Waals surface area contributed by atoms with E-state index in [-0.39, 0.29) is 11.5 Å². The molecule has 4 aliphatic rings. The highest BCUT2D eigenvalue weighted by molar-refractivity contribution is 5.85. The summed E-state index contributed by atoms with van der Waals surface area (Å²) in [5.41, 5.74) is 3.67. The maximum atomic E-state index is 12.8. The summed E-state index contributed by atoms with van der Waals surface area (Å²) in [6.07, 6.45) is 16.2. The molecule has 1 unspecified atom stereocenters. The molecule has 6 rings (SSSR count). The van der Waals surface area contributed by atoms with E-state index in [0.29, 0.717) is 17.9 Å². The summed E-state index contributed by atoms with van der Waals surface area (Å²) >= 11 is 0. The molecule has 1 atom stereocenters. The maximum Gasteiger partial charge on any atom is 0.228 e. The van der Waals surface area contributed by atoms with Crippen molar-refractivity contribution in [2.45, 2.75) is 115 Å². The molecule has 1 saturated carbocycles. The van der Waals surface area contributed by atoms with E-state index >= 15 is 0 Å². The lowest BCUT2D eigenvalue weighted by atomic mass is 9.91. The fraction of sp³-hybridized carbons (Fsp3) is 0.774. The van der Waals surface area contributed by atoms with Gasteiger partial charge in [0.1, 0.15) is 0 Å². The van der Waals surface area contributed by atoms with E-state index in [9.17, 15) is 4.79 Å². The molecule has 0 spiro atoms. The number of hydrogen-bond acceptors (Lipinski definition) is 6. The van der Waals surface area contributed by atoms with Crippen LogP contribution in [0.4, 0.5) is 0 Å². The Hall–Kier alpha value is -2.19. The third-order valence-corrected chi connectivity index (χ3v) is 9.79. The summed E-state index contributed by atoms with van der Waals surface area (Å²) in [7, 11) is 0. The van der Waals surface area contributed by atoms with Crippen LogP contribution in [0.5, 0.6) is 0 Å². The van der Waals surface area contributed by atoms with Crippen molar-refractivity contribution in [1.29, 1.82) is 0 Å². The van der Waals surface area contributed by atoms with Crippen LogP contribution in [0, 0.1) is 5.41 Å². The first-order valence-electron chi connectivity index (χ1n) is 15.7. The number of aromatic nitrogens is 3. The minimum Gasteiger partial charge on any atom is -0.377 e. The summed E-state index contributed by atoms with van der Waals surface area (Å²) in [6.45, 7) is 9.56. The van der Waals surface area contributed by atoms with Crippen molar-refractivity contribution in [2.75, 3.05) is 32.8 Å². The van der Waals surface area contributed by atoms with Crippen LogP contribution in [0.25, 0.3) is 0 Å². The van der Waals surface area contributed by atoms with Crippen LogP contribution in [-0.4, -0.2) is 63.5 Å². The van der Waals surface area contributed by atoms with Crippen molar-refractivity contribution in [3.8, 4) is 0 Å². The Labute approximate surface area is 233 Å². The van der Waals surface area contributed by atoms with Crippen molar-refractivity contribution in [3.63, 3.8) is 0 Å². The van der Waals surface area contributed by atoms with E-state index < -0.39 is 0 Å². The summed E-state index contributed by atoms with van der Waals surface area (Å²) in [6, 6.07) is 2.78. The van der Waals surface area contributed by atoms with E-state index in [1.54, 1.807) is 0 Å². The number of piperidine rings is 1. The molecule has 0 bridgehead atoms. The number of fused-ring (bicyclic) bond motifs is 1. The lowest BCUT2D eigenvalue weighted by Gasteiger charge is -2.36. The summed E-state index contributed by atoms with van der Waals surface area (Å²) < 4.78 is 13.8. The molecule has 8 heteroatoms. The van der Waals surface area contributed by atoms with E-state index in [2.05, 4.69) is 45.7 Å². The summed E-state index contributed by atoms with van der Waals surface area (Å²) in [4.78, 5) is 17.5. The minimum absolute atomic E-state index is 0.0785. The molecule has 1 aliphatic carbocycles. The topological polar surface area (TPSA) is 76.6 Å². The quantitative estimate of drug-likeness (QED) is 0.319. The van der Waals surface area contributed by atoms with Crippen molar-refractivity contribution in [3.05, 3.63) is 35.0 Å². The van der Waals surface area contributed by atoms with Crippen LogP contribution in [0.2, 0.25) is 0 Å². The molecule has 2 aromatic heterocycles. The van der Waals surface area contributed by atoms with Gasteiger partial charge in [0, 0.05) is 54.7 Å². The Bertz CT molecular complexity index is 1110. The fourth-order valence-corrected chi connectivity index (χ4v) is 6.70. The number of carbonyl (C=O) groups is 1. The molecule has 5 heterocycles. The Morgan fingerprint density at radius 2 is 1.82 bits per heavy atom. The van der Waals surface area contributed by atoms with Crippen LogP contribution in [0.3, 0.4) is 0 Å². The molecular weight excluding hydrogens is 490 g/mol. The van der Waals surface area contributed by atoms with Crippen molar-refractivity contribution in [1.82, 2.24) is 24.7 Å². The minimum atomic E-state index is -0.0785. The Morgan fingerprint density at radius 3 is 2.51 bits per heavy atom. The van der Waals surface area contributed by atoms with Gasteiger partial charge in [0.25, 0.3) is 0 Å². The number of carbonyl (C=O) groups excluding carboxylic acids is 1. The molecule has 1 amide bonds. The van der Waals surface area contributed by atoms with Gasteiger partial charge in [-0.05, 0) is 38.6 Å². The highest BCUT2D eigenvalue weighted by Crippen LogP contribution is 2.47. The molecular formula is C31H47N5O3. The number of ether oxygens (including phenoxy) is 1. The predicted octanol–water partition coefficient (Wildman–Crippen LogP) is 5.80. The molecule has 0 aromatic carbocycles. The Kier molecular flexibility index (Phi) is 8.12. The van der Waals surface area contributed by atoms with Crippen molar-refractivity contribution in [2.24, 2.45) is 5.41 Å². The molecule has 8 nitrogen and oxygen atoms in total. The van der Waals surface area contributed by atoms with E-state index in [0.717, 1.165) is 83.0 Å². The SMILES string of the molecule is CCCCCCCCCN1Cc2cnn(C3COC3)c2CC1c1cc(C2CCN(C(=O)C3(C)CC3)CC2)no1. The smallest absolute Gasteiger partial charge is 0.228 e. The summed E-state index contributed by atoms with van der Waals surface area (Å²) in [5, 5.41) is 9.37. The molecule has 0 radical (unpaired) electrons. The number of unbranched alkanes of at least 4 members (excludes halogenated alkanes) is 6. The second-order valence-electron chi connectivity index (χ2n) is 12.8. The highest BCUT2D eigenvalue weighted by atomic mass is 16.5. The van der Waals surface area contributed by atoms with Crippen molar-refractivity contribution < 1.29 is 14.1 Å². The number of hydrogen-bond donors (Lipinski definition) is 0. The van der Waals surface area contributed by atoms with Crippen molar-refractivity contribution >= 4 is 5.91 Å². The van der Waals surface area contributed by atoms with Gasteiger partial charge in [-0.25, -0.2) is 0 Å². The second-order valence-corrected chi connectivity index (χ2v) is 12.8. The van der Waals surface area contributed by atoms with Gasteiger partial charge in [0.05, 0.1) is 37.2 Å². The number of nitrogens with zero attached hydrogens (tertiary/aromatic N) is 5. The van der Waals surface area contributed by atoms with Gasteiger partial charge in [-0.15, -0.1) is 0 Å². The van der Waals surface area contributed by atoms with Crippen LogP contribution in [-0.2, 0) is 22.5 Å². The van der Waals surface area contributed by atoms with Gasteiger partial charge in [0.15, 0.2) is 5.76 Å². The zero-order valence-electron chi connectivity index (χ0n) is 24.1. The first-order chi connectivity index (χ1) is 19.1. The number of rotatable bonds is 12. The molecule has 2 saturated heterocycles. The molecule has 214 valence electrons. The zero-order chi connectivity index (χ0) is 26.8. The normalized spacial score (nSPS) is 23.5. The average molecular weight is 538 g/mol. The molecule has 3 aliphatic heterocycles. The third-order valence-electron chi connectivity index (χ3n) is 9.79. The van der Waals surface area contributed by atoms with E-state index in [1.165, 1.54) is 56.2 Å². The van der Waals surface area contributed by atoms with Crippen LogP contribution in [0.15, 0.2) is 16.8 Å². The maximum absolute atomic E-state index is 12.8. The average Bonchev–Trinajstić information content (AvgIpc) is 3.31. The highest BCUT2D eigenvalue weighted by Gasteiger charge is 2.47. The number of amides is 1. The number of likely N-dealkylation sites (tertiary alicyclic amines) is 1. The Balaban J connectivity index is 1.11. The van der Waals surface area contributed by atoms with Gasteiger partial charge < -0.3 is 14.2 Å². The lowest BCUT2D eigenvalue weighted by Crippen LogP contribution is -2.41. The molecule has 2 aromatic rings. The first-order valence-corrected chi connectivity index (χ1v) is 15.7. The largest absolute Gasteiger partial charge is 0.377 e. The molecule has 3 fully saturated rings. The van der Waals surface area contributed by atoms with Gasteiger partial charge in [-0.3, -0.25) is 14.4 Å². The van der Waals surface area contributed by atoms with Gasteiger partial charge in [0.2, 0.25) is 5.91 Å². The predicted molar refractivity (Wildman–Crippen MR) is 149 cm³/mol.